The second-order valence-electron chi connectivity index (χ2n) is 4.75. The van der Waals surface area contributed by atoms with Gasteiger partial charge in [-0.3, -0.25) is 0 Å². The number of halogens is 2. The summed E-state index contributed by atoms with van der Waals surface area (Å²) in [5.41, 5.74) is 6.56. The van der Waals surface area contributed by atoms with Gasteiger partial charge in [-0.15, -0.1) is 0 Å². The largest absolute Gasteiger partial charge is 0.392 e. The Morgan fingerprint density at radius 1 is 1.29 bits per heavy atom. The van der Waals surface area contributed by atoms with Gasteiger partial charge in [0.2, 0.25) is 0 Å². The fraction of sp³-hybridized carbons (Fsp3) is 0.538. The van der Waals surface area contributed by atoms with Crippen molar-refractivity contribution in [2.75, 3.05) is 6.54 Å². The molecule has 2 nitrogen and oxygen atoms in total. The first-order valence-corrected chi connectivity index (χ1v) is 6.69. The zero-order chi connectivity index (χ0) is 12.5. The Morgan fingerprint density at radius 3 is 2.65 bits per heavy atom. The van der Waals surface area contributed by atoms with Crippen LogP contribution in [-0.2, 0) is 5.41 Å². The molecule has 1 fully saturated rings. The highest BCUT2D eigenvalue weighted by Crippen LogP contribution is 2.40. The maximum atomic E-state index is 10.3. The van der Waals surface area contributed by atoms with Crippen LogP contribution in [0.5, 0.6) is 0 Å². The van der Waals surface area contributed by atoms with Crippen molar-refractivity contribution in [2.24, 2.45) is 5.73 Å². The number of benzene rings is 1. The predicted octanol–water partition coefficient (Wildman–Crippen LogP) is 3.12. The van der Waals surface area contributed by atoms with Gasteiger partial charge in [-0.25, -0.2) is 0 Å². The fourth-order valence-electron chi connectivity index (χ4n) is 2.72. The molecule has 3 N–H and O–H groups in total. The third-order valence-corrected chi connectivity index (χ3v) is 4.59. The van der Waals surface area contributed by atoms with Gasteiger partial charge in [0.25, 0.3) is 0 Å². The van der Waals surface area contributed by atoms with Gasteiger partial charge in [-0.2, -0.15) is 0 Å². The number of hydrogen-bond acceptors (Lipinski definition) is 2. The summed E-state index contributed by atoms with van der Waals surface area (Å²) in [6.45, 7) is 0.437. The molecule has 1 aliphatic rings. The van der Waals surface area contributed by atoms with Crippen LogP contribution in [0.25, 0.3) is 0 Å². The molecule has 0 amide bonds. The molecule has 2 rings (SSSR count). The van der Waals surface area contributed by atoms with E-state index in [0.717, 1.165) is 31.2 Å². The zero-order valence-electron chi connectivity index (χ0n) is 9.63. The average molecular weight is 274 g/mol. The molecule has 4 heteroatoms. The zero-order valence-corrected chi connectivity index (χ0v) is 11.1. The number of hydrogen-bond donors (Lipinski definition) is 2. The number of aliphatic hydroxyl groups is 1. The number of rotatable bonds is 2. The predicted molar refractivity (Wildman–Crippen MR) is 71.7 cm³/mol. The Bertz CT molecular complexity index is 410. The minimum atomic E-state index is -0.390. The minimum absolute atomic E-state index is 0.355. The Kier molecular flexibility index (Phi) is 3.99. The SMILES string of the molecule is NC[C@]1(c2ccc(Cl)c(Cl)c2)CCCC[C@@H]1O. The van der Waals surface area contributed by atoms with Crippen molar-refractivity contribution in [3.63, 3.8) is 0 Å². The molecule has 0 bridgehead atoms. The van der Waals surface area contributed by atoms with E-state index in [2.05, 4.69) is 0 Å². The molecule has 0 aliphatic heterocycles. The summed E-state index contributed by atoms with van der Waals surface area (Å²) in [5.74, 6) is 0. The molecular weight excluding hydrogens is 257 g/mol. The van der Waals surface area contributed by atoms with Gasteiger partial charge in [-0.1, -0.05) is 42.1 Å². The molecule has 1 aromatic rings. The molecule has 0 aromatic heterocycles. The molecule has 1 aromatic carbocycles. The fourth-order valence-corrected chi connectivity index (χ4v) is 3.02. The summed E-state index contributed by atoms with van der Waals surface area (Å²) in [6.07, 6.45) is 3.47. The van der Waals surface area contributed by atoms with Gasteiger partial charge in [-0.05, 0) is 30.5 Å². The molecular formula is C13H17Cl2NO. The molecule has 17 heavy (non-hydrogen) atoms. The summed E-state index contributed by atoms with van der Waals surface area (Å²) in [7, 11) is 0. The van der Waals surface area contributed by atoms with E-state index in [9.17, 15) is 5.11 Å². The van der Waals surface area contributed by atoms with Crippen LogP contribution in [-0.4, -0.2) is 17.8 Å². The third kappa shape index (κ3) is 2.32. The summed E-state index contributed by atoms with van der Waals surface area (Å²) in [4.78, 5) is 0. The first kappa shape index (κ1) is 13.2. The lowest BCUT2D eigenvalue weighted by Crippen LogP contribution is -2.48. The first-order valence-electron chi connectivity index (χ1n) is 5.94. The number of aliphatic hydroxyl groups excluding tert-OH is 1. The molecule has 0 unspecified atom stereocenters. The summed E-state index contributed by atoms with van der Waals surface area (Å²) >= 11 is 12.0. The smallest absolute Gasteiger partial charge is 0.0649 e. The minimum Gasteiger partial charge on any atom is -0.392 e. The van der Waals surface area contributed by atoms with Crippen LogP contribution >= 0.6 is 23.2 Å². The monoisotopic (exact) mass is 273 g/mol. The van der Waals surface area contributed by atoms with E-state index < -0.39 is 6.10 Å². The second-order valence-corrected chi connectivity index (χ2v) is 5.57. The normalized spacial score (nSPS) is 29.3. The lowest BCUT2D eigenvalue weighted by atomic mass is 9.67. The highest BCUT2D eigenvalue weighted by Gasteiger charge is 2.40. The lowest BCUT2D eigenvalue weighted by Gasteiger charge is -2.41. The Labute approximate surface area is 112 Å². The Morgan fingerprint density at radius 2 is 2.06 bits per heavy atom. The molecule has 94 valence electrons. The van der Waals surface area contributed by atoms with E-state index in [1.54, 1.807) is 6.07 Å². The maximum Gasteiger partial charge on any atom is 0.0649 e. The van der Waals surface area contributed by atoms with Crippen LogP contribution < -0.4 is 5.73 Å². The average Bonchev–Trinajstić information content (AvgIpc) is 2.34. The quantitative estimate of drug-likeness (QED) is 0.870. The van der Waals surface area contributed by atoms with Crippen LogP contribution in [0.4, 0.5) is 0 Å². The molecule has 1 saturated carbocycles. The van der Waals surface area contributed by atoms with Crippen LogP contribution in [0.1, 0.15) is 31.2 Å². The summed E-state index contributed by atoms with van der Waals surface area (Å²) in [6, 6.07) is 5.54. The molecule has 0 radical (unpaired) electrons. The standard InChI is InChI=1S/C13H17Cl2NO/c14-10-5-4-9(7-11(10)15)13(8-16)6-2-1-3-12(13)17/h4-5,7,12,17H,1-3,6,8,16H2/t12-,13-/m0/s1. The molecule has 0 spiro atoms. The van der Waals surface area contributed by atoms with Gasteiger partial charge in [0.05, 0.1) is 16.1 Å². The van der Waals surface area contributed by atoms with Crippen LogP contribution in [0.15, 0.2) is 18.2 Å². The molecule has 2 atom stereocenters. The van der Waals surface area contributed by atoms with E-state index >= 15 is 0 Å². The number of nitrogens with two attached hydrogens (primary N) is 1. The highest BCUT2D eigenvalue weighted by molar-refractivity contribution is 6.42. The van der Waals surface area contributed by atoms with Gasteiger partial charge in [0.15, 0.2) is 0 Å². The molecule has 0 saturated heterocycles. The van der Waals surface area contributed by atoms with Gasteiger partial charge >= 0.3 is 0 Å². The van der Waals surface area contributed by atoms with Crippen molar-refractivity contribution < 1.29 is 5.11 Å². The van der Waals surface area contributed by atoms with E-state index in [-0.39, 0.29) is 5.41 Å². The van der Waals surface area contributed by atoms with E-state index in [4.69, 9.17) is 28.9 Å². The van der Waals surface area contributed by atoms with Crippen molar-refractivity contribution >= 4 is 23.2 Å². The van der Waals surface area contributed by atoms with Crippen molar-refractivity contribution in [2.45, 2.75) is 37.2 Å². The third-order valence-electron chi connectivity index (χ3n) is 3.85. The second kappa shape index (κ2) is 5.15. The van der Waals surface area contributed by atoms with E-state index in [1.807, 2.05) is 12.1 Å². The summed E-state index contributed by atoms with van der Waals surface area (Å²) < 4.78 is 0. The Hall–Kier alpha value is -0.280. The van der Waals surface area contributed by atoms with E-state index in [1.165, 1.54) is 0 Å². The van der Waals surface area contributed by atoms with E-state index in [0.29, 0.717) is 16.6 Å². The van der Waals surface area contributed by atoms with Crippen molar-refractivity contribution in [1.29, 1.82) is 0 Å². The highest BCUT2D eigenvalue weighted by atomic mass is 35.5. The van der Waals surface area contributed by atoms with Gasteiger partial charge < -0.3 is 10.8 Å². The van der Waals surface area contributed by atoms with Crippen molar-refractivity contribution in [3.8, 4) is 0 Å². The molecule has 0 heterocycles. The molecule has 1 aliphatic carbocycles. The van der Waals surface area contributed by atoms with Crippen LogP contribution in [0.2, 0.25) is 10.0 Å². The van der Waals surface area contributed by atoms with Crippen LogP contribution in [0, 0.1) is 0 Å². The van der Waals surface area contributed by atoms with Crippen molar-refractivity contribution in [1.82, 2.24) is 0 Å². The van der Waals surface area contributed by atoms with Crippen LogP contribution in [0.3, 0.4) is 0 Å². The lowest BCUT2D eigenvalue weighted by molar-refractivity contribution is 0.0464. The Balaban J connectivity index is 2.42. The van der Waals surface area contributed by atoms with Gasteiger partial charge in [0.1, 0.15) is 0 Å². The first-order chi connectivity index (χ1) is 8.10. The summed E-state index contributed by atoms with van der Waals surface area (Å²) in [5, 5.41) is 11.3. The van der Waals surface area contributed by atoms with Gasteiger partial charge in [0, 0.05) is 12.0 Å². The van der Waals surface area contributed by atoms with Crippen molar-refractivity contribution in [3.05, 3.63) is 33.8 Å². The topological polar surface area (TPSA) is 46.2 Å². The maximum absolute atomic E-state index is 10.3.